The fraction of sp³-hybridized carbons (Fsp3) is 0.562. The Bertz CT molecular complexity index is 612. The van der Waals surface area contributed by atoms with Crippen molar-refractivity contribution in [1.82, 2.24) is 5.32 Å². The van der Waals surface area contributed by atoms with Crippen LogP contribution in [0.4, 0.5) is 5.69 Å². The highest BCUT2D eigenvalue weighted by molar-refractivity contribution is 7.92. The van der Waals surface area contributed by atoms with Gasteiger partial charge in [0.25, 0.3) is 0 Å². The predicted octanol–water partition coefficient (Wildman–Crippen LogP) is 2.38. The number of anilines is 1. The Labute approximate surface area is 133 Å². The maximum Gasteiger partial charge on any atom is 0.240 e. The van der Waals surface area contributed by atoms with Crippen LogP contribution in [0.25, 0.3) is 0 Å². The van der Waals surface area contributed by atoms with Gasteiger partial charge in [0, 0.05) is 6.54 Å². The van der Waals surface area contributed by atoms with Crippen molar-refractivity contribution in [3.05, 3.63) is 29.3 Å². The number of hydrogen-bond donors (Lipinski definition) is 1. The summed E-state index contributed by atoms with van der Waals surface area (Å²) in [5.41, 5.74) is 2.44. The lowest BCUT2D eigenvalue weighted by atomic mass is 10.1. The summed E-state index contributed by atoms with van der Waals surface area (Å²) in [7, 11) is -3.51. The van der Waals surface area contributed by atoms with E-state index in [0.29, 0.717) is 12.2 Å². The van der Waals surface area contributed by atoms with Crippen LogP contribution in [-0.2, 0) is 14.8 Å². The maximum atomic E-state index is 12.0. The van der Waals surface area contributed by atoms with Gasteiger partial charge in [-0.2, -0.15) is 0 Å². The molecule has 0 aliphatic carbocycles. The highest BCUT2D eigenvalue weighted by Crippen LogP contribution is 2.23. The minimum atomic E-state index is -3.51. The minimum Gasteiger partial charge on any atom is -0.355 e. The predicted molar refractivity (Wildman–Crippen MR) is 90.6 cm³/mol. The van der Waals surface area contributed by atoms with Crippen molar-refractivity contribution in [3.8, 4) is 0 Å². The topological polar surface area (TPSA) is 66.5 Å². The summed E-state index contributed by atoms with van der Waals surface area (Å²) in [6.45, 7) is 6.28. The summed E-state index contributed by atoms with van der Waals surface area (Å²) in [4.78, 5) is 12.0. The summed E-state index contributed by atoms with van der Waals surface area (Å²) in [5.74, 6) is -0.276. The second-order valence-corrected chi connectivity index (χ2v) is 7.52. The number of aryl methyl sites for hydroxylation is 2. The van der Waals surface area contributed by atoms with Crippen molar-refractivity contribution < 1.29 is 13.2 Å². The van der Waals surface area contributed by atoms with Gasteiger partial charge in [-0.05, 0) is 31.9 Å². The summed E-state index contributed by atoms with van der Waals surface area (Å²) in [5, 5.41) is 2.78. The van der Waals surface area contributed by atoms with Crippen LogP contribution < -0.4 is 9.62 Å². The number of benzene rings is 1. The highest BCUT2D eigenvalue weighted by Gasteiger charge is 2.22. The lowest BCUT2D eigenvalue weighted by Crippen LogP contribution is -2.41. The first-order valence-corrected chi connectivity index (χ1v) is 9.42. The van der Waals surface area contributed by atoms with E-state index < -0.39 is 10.0 Å². The molecule has 0 aliphatic rings. The van der Waals surface area contributed by atoms with E-state index in [1.54, 1.807) is 6.07 Å². The molecule has 1 aromatic rings. The molecule has 1 N–H and O–H groups in total. The molecule has 124 valence electrons. The molecule has 22 heavy (non-hydrogen) atoms. The normalized spacial score (nSPS) is 11.3. The van der Waals surface area contributed by atoms with E-state index in [0.717, 1.165) is 41.0 Å². The Morgan fingerprint density at radius 2 is 1.91 bits per heavy atom. The molecular weight excluding hydrogens is 300 g/mol. The van der Waals surface area contributed by atoms with Crippen molar-refractivity contribution >= 4 is 21.6 Å². The van der Waals surface area contributed by atoms with Gasteiger partial charge >= 0.3 is 0 Å². The lowest BCUT2D eigenvalue weighted by molar-refractivity contribution is -0.119. The van der Waals surface area contributed by atoms with Crippen molar-refractivity contribution in [2.75, 3.05) is 23.7 Å². The van der Waals surface area contributed by atoms with Crippen molar-refractivity contribution in [1.29, 1.82) is 0 Å². The van der Waals surface area contributed by atoms with Gasteiger partial charge < -0.3 is 5.32 Å². The number of hydrogen-bond acceptors (Lipinski definition) is 3. The molecule has 0 saturated heterocycles. The highest BCUT2D eigenvalue weighted by atomic mass is 32.2. The van der Waals surface area contributed by atoms with E-state index in [2.05, 4.69) is 12.2 Å². The van der Waals surface area contributed by atoms with Crippen LogP contribution in [-0.4, -0.2) is 33.7 Å². The second kappa shape index (κ2) is 8.17. The van der Waals surface area contributed by atoms with Crippen LogP contribution in [0.1, 0.15) is 37.3 Å². The molecule has 0 radical (unpaired) electrons. The Morgan fingerprint density at radius 1 is 1.23 bits per heavy atom. The number of unbranched alkanes of at least 4 members (excludes halogenated alkanes) is 2. The summed E-state index contributed by atoms with van der Waals surface area (Å²) in [6.07, 6.45) is 4.16. The van der Waals surface area contributed by atoms with Gasteiger partial charge in [0.15, 0.2) is 0 Å². The third kappa shape index (κ3) is 5.67. The van der Waals surface area contributed by atoms with E-state index >= 15 is 0 Å². The maximum absolute atomic E-state index is 12.0. The van der Waals surface area contributed by atoms with Gasteiger partial charge in [0.2, 0.25) is 15.9 Å². The van der Waals surface area contributed by atoms with Crippen LogP contribution in [0, 0.1) is 13.8 Å². The molecule has 0 saturated carbocycles. The van der Waals surface area contributed by atoms with E-state index in [1.165, 1.54) is 0 Å². The van der Waals surface area contributed by atoms with Crippen molar-refractivity contribution in [3.63, 3.8) is 0 Å². The summed E-state index contributed by atoms with van der Waals surface area (Å²) >= 11 is 0. The van der Waals surface area contributed by atoms with E-state index in [4.69, 9.17) is 0 Å². The zero-order valence-electron chi connectivity index (χ0n) is 13.8. The fourth-order valence-corrected chi connectivity index (χ4v) is 3.17. The van der Waals surface area contributed by atoms with Crippen LogP contribution in [0.15, 0.2) is 18.2 Å². The SMILES string of the molecule is CCCCCNC(=O)CN(c1ccc(C)cc1C)S(C)(=O)=O. The number of nitrogens with zero attached hydrogens (tertiary/aromatic N) is 1. The van der Waals surface area contributed by atoms with E-state index in [1.807, 2.05) is 26.0 Å². The zero-order valence-corrected chi connectivity index (χ0v) is 14.7. The van der Waals surface area contributed by atoms with Crippen LogP contribution >= 0.6 is 0 Å². The molecule has 0 aromatic heterocycles. The standard InChI is InChI=1S/C16H26N2O3S/c1-5-6-7-10-17-16(19)12-18(22(4,20)21)15-9-8-13(2)11-14(15)3/h8-9,11H,5-7,10,12H2,1-4H3,(H,17,19). The minimum absolute atomic E-state index is 0.186. The summed E-state index contributed by atoms with van der Waals surface area (Å²) < 4.78 is 25.2. The quantitative estimate of drug-likeness (QED) is 0.746. The monoisotopic (exact) mass is 326 g/mol. The number of nitrogens with one attached hydrogen (secondary N) is 1. The Hall–Kier alpha value is -1.56. The average Bonchev–Trinajstić information content (AvgIpc) is 2.41. The fourth-order valence-electron chi connectivity index (χ4n) is 2.26. The van der Waals surface area contributed by atoms with Gasteiger partial charge in [-0.15, -0.1) is 0 Å². The molecule has 0 atom stereocenters. The smallest absolute Gasteiger partial charge is 0.240 e. The third-order valence-electron chi connectivity index (χ3n) is 3.41. The lowest BCUT2D eigenvalue weighted by Gasteiger charge is -2.24. The molecule has 6 heteroatoms. The first kappa shape index (κ1) is 18.5. The van der Waals surface area contributed by atoms with Crippen molar-refractivity contribution in [2.45, 2.75) is 40.0 Å². The van der Waals surface area contributed by atoms with E-state index in [-0.39, 0.29) is 12.5 Å². The van der Waals surface area contributed by atoms with Crippen LogP contribution in [0.5, 0.6) is 0 Å². The average molecular weight is 326 g/mol. The number of rotatable bonds is 8. The first-order chi connectivity index (χ1) is 10.3. The number of amides is 1. The molecule has 5 nitrogen and oxygen atoms in total. The largest absolute Gasteiger partial charge is 0.355 e. The number of sulfonamides is 1. The van der Waals surface area contributed by atoms with Crippen LogP contribution in [0.2, 0.25) is 0 Å². The molecule has 0 bridgehead atoms. The van der Waals surface area contributed by atoms with Crippen LogP contribution in [0.3, 0.4) is 0 Å². The Kier molecular flexibility index (Phi) is 6.87. The molecule has 1 aromatic carbocycles. The molecular formula is C16H26N2O3S. The van der Waals surface area contributed by atoms with Gasteiger partial charge in [0.05, 0.1) is 11.9 Å². The zero-order chi connectivity index (χ0) is 16.8. The van der Waals surface area contributed by atoms with Gasteiger partial charge in [-0.25, -0.2) is 8.42 Å². The molecule has 0 unspecified atom stereocenters. The van der Waals surface area contributed by atoms with Gasteiger partial charge in [-0.1, -0.05) is 37.5 Å². The Balaban J connectivity index is 2.85. The second-order valence-electron chi connectivity index (χ2n) is 5.62. The van der Waals surface area contributed by atoms with Gasteiger partial charge in [0.1, 0.15) is 6.54 Å². The first-order valence-electron chi connectivity index (χ1n) is 7.57. The molecule has 1 rings (SSSR count). The molecule has 0 aliphatic heterocycles. The Morgan fingerprint density at radius 3 is 2.45 bits per heavy atom. The number of carbonyl (C=O) groups is 1. The number of carbonyl (C=O) groups excluding carboxylic acids is 1. The molecule has 0 spiro atoms. The molecule has 0 heterocycles. The van der Waals surface area contributed by atoms with Gasteiger partial charge in [-0.3, -0.25) is 9.10 Å². The summed E-state index contributed by atoms with van der Waals surface area (Å²) in [6, 6.07) is 5.50. The van der Waals surface area contributed by atoms with Crippen molar-refractivity contribution in [2.24, 2.45) is 0 Å². The third-order valence-corrected chi connectivity index (χ3v) is 4.54. The molecule has 1 amide bonds. The molecule has 0 fully saturated rings. The van der Waals surface area contributed by atoms with E-state index in [9.17, 15) is 13.2 Å².